The number of rotatable bonds is 9. The van der Waals surface area contributed by atoms with Crippen LogP contribution in [-0.2, 0) is 28.7 Å². The van der Waals surface area contributed by atoms with Gasteiger partial charge in [0.2, 0.25) is 6.29 Å². The van der Waals surface area contributed by atoms with Gasteiger partial charge in [0, 0.05) is 30.2 Å². The van der Waals surface area contributed by atoms with Gasteiger partial charge in [0.05, 0.1) is 0 Å². The summed E-state index contributed by atoms with van der Waals surface area (Å²) < 4.78 is 10.3. The van der Waals surface area contributed by atoms with Gasteiger partial charge in [-0.05, 0) is 11.8 Å². The number of thiazole rings is 1. The molecule has 0 bridgehead atoms. The van der Waals surface area contributed by atoms with Crippen LogP contribution in [0.1, 0.15) is 26.0 Å². The minimum absolute atomic E-state index is 0.0736. The van der Waals surface area contributed by atoms with Crippen LogP contribution < -0.4 is 11.1 Å². The van der Waals surface area contributed by atoms with Crippen LogP contribution in [0.5, 0.6) is 0 Å². The quantitative estimate of drug-likeness (QED) is 0.103. The van der Waals surface area contributed by atoms with E-state index in [0.29, 0.717) is 17.1 Å². The highest BCUT2D eigenvalue weighted by atomic mass is 32.2. The van der Waals surface area contributed by atoms with Crippen LogP contribution in [0.4, 0.5) is 5.13 Å². The van der Waals surface area contributed by atoms with Crippen LogP contribution in [0.15, 0.2) is 21.8 Å². The normalized spacial score (nSPS) is 20.9. The molecule has 1 aromatic rings. The molecule has 1 aromatic heterocycles. The molecule has 2 aliphatic rings. The Kier molecular flexibility index (Phi) is 8.43. The summed E-state index contributed by atoms with van der Waals surface area (Å²) >= 11 is 3.92. The number of oxime groups is 1. The molecule has 0 spiro atoms. The zero-order valence-corrected chi connectivity index (χ0v) is 20.9. The average Bonchev–Trinajstić information content (AvgIpc) is 3.23. The Morgan fingerprint density at radius 1 is 1.44 bits per heavy atom. The van der Waals surface area contributed by atoms with Gasteiger partial charge in [0.15, 0.2) is 10.8 Å². The summed E-state index contributed by atoms with van der Waals surface area (Å²) in [6.07, 6.45) is 0.858. The second-order valence-corrected chi connectivity index (χ2v) is 9.94. The van der Waals surface area contributed by atoms with Crippen LogP contribution in [0.3, 0.4) is 0 Å². The van der Waals surface area contributed by atoms with Crippen molar-refractivity contribution in [1.82, 2.24) is 15.2 Å². The predicted molar refractivity (Wildman–Crippen MR) is 127 cm³/mol. The Morgan fingerprint density at radius 2 is 2.18 bits per heavy atom. The molecule has 184 valence electrons. The van der Waals surface area contributed by atoms with Gasteiger partial charge in [0.25, 0.3) is 11.8 Å². The molecule has 0 radical (unpaired) electrons. The van der Waals surface area contributed by atoms with Gasteiger partial charge < -0.3 is 25.7 Å². The van der Waals surface area contributed by atoms with E-state index in [4.69, 9.17) is 15.2 Å². The third-order valence-corrected chi connectivity index (χ3v) is 7.44. The number of esters is 2. The molecule has 12 nitrogen and oxygen atoms in total. The van der Waals surface area contributed by atoms with E-state index in [0.717, 1.165) is 11.3 Å². The molecule has 2 amide bonds. The van der Waals surface area contributed by atoms with Crippen molar-refractivity contribution in [2.45, 2.75) is 38.0 Å². The second-order valence-electron chi connectivity index (χ2n) is 7.08. The summed E-state index contributed by atoms with van der Waals surface area (Å²) in [6.45, 7) is 3.03. The molecule has 1 saturated heterocycles. The van der Waals surface area contributed by atoms with Gasteiger partial charge in [-0.1, -0.05) is 12.1 Å². The van der Waals surface area contributed by atoms with Crippen LogP contribution in [0, 0.1) is 0 Å². The molecule has 1 fully saturated rings. The summed E-state index contributed by atoms with van der Waals surface area (Å²) in [4.78, 5) is 55.2. The van der Waals surface area contributed by atoms with Crippen molar-refractivity contribution in [1.29, 1.82) is 0 Å². The number of β-lactam (4-membered cyclic amide) rings is 1. The maximum atomic E-state index is 13.0. The van der Waals surface area contributed by atoms with Crippen molar-refractivity contribution in [3.8, 4) is 0 Å². The van der Waals surface area contributed by atoms with Crippen molar-refractivity contribution in [2.24, 2.45) is 5.16 Å². The fourth-order valence-corrected chi connectivity index (χ4v) is 5.89. The highest BCUT2D eigenvalue weighted by Gasteiger charge is 2.54. The highest BCUT2D eigenvalue weighted by molar-refractivity contribution is 8.00. The fraction of sp³-hybridized carbons (Fsp3) is 0.474. The van der Waals surface area contributed by atoms with Gasteiger partial charge in [-0.25, -0.2) is 9.78 Å². The molecule has 0 aromatic carbocycles. The molecule has 0 aliphatic carbocycles. The predicted octanol–water partition coefficient (Wildman–Crippen LogP) is 0.763. The lowest BCUT2D eigenvalue weighted by Crippen LogP contribution is -2.71. The van der Waals surface area contributed by atoms with E-state index in [9.17, 15) is 24.4 Å². The van der Waals surface area contributed by atoms with Crippen molar-refractivity contribution in [2.75, 3.05) is 23.5 Å². The lowest BCUT2D eigenvalue weighted by atomic mass is 10.0. The number of nitrogens with one attached hydrogen (secondary N) is 1. The van der Waals surface area contributed by atoms with E-state index in [-0.39, 0.29) is 28.7 Å². The maximum absolute atomic E-state index is 13.0. The zero-order valence-electron chi connectivity index (χ0n) is 18.5. The summed E-state index contributed by atoms with van der Waals surface area (Å²) in [5.41, 5.74) is 6.03. The number of aromatic nitrogens is 1. The minimum Gasteiger partial charge on any atom is -0.425 e. The number of hydrogen-bond acceptors (Lipinski definition) is 13. The SMILES string of the molecule is CCC(=O)OC(C)OC(=O)C1=C(CSC)CS[C@@H]2C(NC(=O)C(=NO)c3csc(N)n3)C(=O)N12. The summed E-state index contributed by atoms with van der Waals surface area (Å²) in [5.74, 6) is -1.74. The molecule has 3 rings (SSSR count). The summed E-state index contributed by atoms with van der Waals surface area (Å²) in [7, 11) is 0. The molecule has 2 aliphatic heterocycles. The second kappa shape index (κ2) is 11.1. The molecule has 3 atom stereocenters. The first-order chi connectivity index (χ1) is 16.2. The first kappa shape index (κ1) is 25.8. The van der Waals surface area contributed by atoms with E-state index < -0.39 is 41.5 Å². The molecular weight excluding hydrogens is 506 g/mol. The Balaban J connectivity index is 1.75. The lowest BCUT2D eigenvalue weighted by molar-refractivity contribution is -0.184. The monoisotopic (exact) mass is 529 g/mol. The first-order valence-electron chi connectivity index (χ1n) is 10.0. The topological polar surface area (TPSA) is 174 Å². The third-order valence-electron chi connectivity index (χ3n) is 4.78. The van der Waals surface area contributed by atoms with E-state index in [1.54, 1.807) is 6.92 Å². The molecular formula is C19H23N5O7S3. The molecule has 3 heterocycles. The number of carbonyl (C=O) groups is 4. The number of nitrogens with two attached hydrogens (primary N) is 1. The lowest BCUT2D eigenvalue weighted by Gasteiger charge is -2.49. The smallest absolute Gasteiger partial charge is 0.358 e. The Hall–Kier alpha value is -2.78. The number of amides is 2. The molecule has 2 unspecified atom stereocenters. The van der Waals surface area contributed by atoms with Crippen molar-refractivity contribution in [3.63, 3.8) is 0 Å². The van der Waals surface area contributed by atoms with Gasteiger partial charge in [0.1, 0.15) is 22.8 Å². The van der Waals surface area contributed by atoms with Gasteiger partial charge >= 0.3 is 11.9 Å². The number of carbonyl (C=O) groups excluding carboxylic acids is 4. The van der Waals surface area contributed by atoms with Gasteiger partial charge in [-0.2, -0.15) is 11.8 Å². The molecule has 15 heteroatoms. The van der Waals surface area contributed by atoms with Crippen molar-refractivity contribution < 1.29 is 33.9 Å². The van der Waals surface area contributed by atoms with Crippen molar-refractivity contribution in [3.05, 3.63) is 22.3 Å². The molecule has 0 saturated carbocycles. The van der Waals surface area contributed by atoms with Gasteiger partial charge in [-0.3, -0.25) is 19.3 Å². The zero-order chi connectivity index (χ0) is 25.0. The van der Waals surface area contributed by atoms with Crippen molar-refractivity contribution >= 4 is 69.5 Å². The highest BCUT2D eigenvalue weighted by Crippen LogP contribution is 2.41. The Bertz CT molecular complexity index is 1060. The van der Waals surface area contributed by atoms with Crippen LogP contribution in [-0.4, -0.2) is 80.0 Å². The Labute approximate surface area is 207 Å². The average molecular weight is 530 g/mol. The molecule has 4 N–H and O–H groups in total. The van der Waals surface area contributed by atoms with E-state index in [1.807, 2.05) is 6.26 Å². The van der Waals surface area contributed by atoms with Crippen LogP contribution in [0.25, 0.3) is 0 Å². The summed E-state index contributed by atoms with van der Waals surface area (Å²) in [5, 5.41) is 15.9. The molecule has 34 heavy (non-hydrogen) atoms. The number of ether oxygens (including phenoxy) is 2. The third kappa shape index (κ3) is 5.31. The largest absolute Gasteiger partial charge is 0.425 e. The van der Waals surface area contributed by atoms with Gasteiger partial charge in [-0.15, -0.1) is 23.1 Å². The summed E-state index contributed by atoms with van der Waals surface area (Å²) in [6, 6.07) is -0.959. The van der Waals surface area contributed by atoms with Crippen LogP contribution >= 0.6 is 34.9 Å². The fourth-order valence-electron chi connectivity index (χ4n) is 3.27. The van der Waals surface area contributed by atoms with E-state index in [2.05, 4.69) is 15.5 Å². The number of nitrogen functional groups attached to an aromatic ring is 1. The number of hydrogen-bond donors (Lipinski definition) is 3. The van der Waals surface area contributed by atoms with E-state index >= 15 is 0 Å². The number of thioether (sulfide) groups is 2. The van der Waals surface area contributed by atoms with E-state index in [1.165, 1.54) is 40.7 Å². The maximum Gasteiger partial charge on any atom is 0.358 e. The standard InChI is InChI=1S/C19H23N5O7S3/c1-4-11(25)30-8(2)31-18(28)14-9(5-32-3)6-33-17-13(16(27)24(14)17)22-15(26)12(23-29)10-7-34-19(20)21-10/h7-8,13,17,29H,4-6H2,1-3H3,(H2,20,21)(H,22,26)/t8?,13?,17-/m1/s1. The minimum atomic E-state index is -1.13. The number of fused-ring (bicyclic) bond motifs is 1. The van der Waals surface area contributed by atoms with Crippen LogP contribution in [0.2, 0.25) is 0 Å². The first-order valence-corrected chi connectivity index (χ1v) is 13.3. The number of nitrogens with zero attached hydrogens (tertiary/aromatic N) is 3. The number of anilines is 1. The Morgan fingerprint density at radius 3 is 2.76 bits per heavy atom.